The molecule has 6 aromatic carbocycles. The molecule has 2 N–H and O–H groups in total. The summed E-state index contributed by atoms with van der Waals surface area (Å²) in [6, 6.07) is 28.7. The van der Waals surface area contributed by atoms with Crippen LogP contribution in [0.15, 0.2) is 139 Å². The van der Waals surface area contributed by atoms with Crippen molar-refractivity contribution in [1.29, 1.82) is 0 Å². The van der Waals surface area contributed by atoms with Crippen LogP contribution in [0.5, 0.6) is 0 Å². The second kappa shape index (κ2) is 19.2. The van der Waals surface area contributed by atoms with Crippen LogP contribution < -0.4 is 69.7 Å². The van der Waals surface area contributed by atoms with Gasteiger partial charge in [-0.05, 0) is 47.5 Å². The summed E-state index contributed by atoms with van der Waals surface area (Å²) in [5.41, 5.74) is 2.80. The minimum absolute atomic E-state index is 0. The van der Waals surface area contributed by atoms with Gasteiger partial charge in [-0.15, -0.1) is 10.2 Å². The number of rotatable bonds is 11. The Morgan fingerprint density at radius 1 is 0.500 bits per heavy atom. The van der Waals surface area contributed by atoms with E-state index >= 15 is 0 Å². The number of azo groups is 2. The van der Waals surface area contributed by atoms with Gasteiger partial charge < -0.3 is 19.7 Å². The van der Waals surface area contributed by atoms with E-state index in [0.29, 0.717) is 22.1 Å². The first-order valence-corrected chi connectivity index (χ1v) is 20.0. The van der Waals surface area contributed by atoms with Crippen molar-refractivity contribution in [3.63, 3.8) is 0 Å². The number of hydrogen-bond acceptors (Lipinski definition) is 12. The SMILES string of the molecule is CC(C)C(=O)Nc1c(N=Nc2ccc(-c3ccc(N=Nc4cc(S(=O)(=O)[O-])c5ccccc5c4NC(=O)C(C)C)cc3)cc2)cc(S(=O)(=O)[O-])c2ccccc12.[Na+].[Na+]. The molecule has 0 saturated carbocycles. The maximum absolute atomic E-state index is 12.7. The second-order valence-electron chi connectivity index (χ2n) is 13.3. The van der Waals surface area contributed by atoms with Crippen LogP contribution in [-0.2, 0) is 29.8 Å². The van der Waals surface area contributed by atoms with Gasteiger partial charge in [0.2, 0.25) is 11.8 Å². The van der Waals surface area contributed by atoms with Gasteiger partial charge in [0.1, 0.15) is 31.6 Å². The molecule has 286 valence electrons. The van der Waals surface area contributed by atoms with E-state index in [2.05, 4.69) is 31.1 Å². The van der Waals surface area contributed by atoms with Gasteiger partial charge in [0.25, 0.3) is 0 Å². The first-order valence-electron chi connectivity index (χ1n) is 17.2. The topological polar surface area (TPSA) is 222 Å². The standard InChI is InChI=1S/C40H36N6O8S2.2Na/c1-23(2)39(47)41-37-31-11-7-5-9-29(31)35(55(49,50)51)21-33(37)45-43-27-17-13-25(14-18-27)26-15-19-28(20-16-26)44-46-34-22-36(56(52,53)54)30-10-6-8-12-32(30)38(34)42-40(48)24(3)4;;/h5-24H,1-4H3,(H,41,47)(H,42,48)(H,49,50,51)(H,52,53,54);;/q;2*+1/p-2. The third kappa shape index (κ3) is 10.7. The summed E-state index contributed by atoms with van der Waals surface area (Å²) in [6.45, 7) is 6.81. The third-order valence-corrected chi connectivity index (χ3v) is 10.4. The van der Waals surface area contributed by atoms with Gasteiger partial charge in [-0.1, -0.05) is 100 Å². The van der Waals surface area contributed by atoms with Crippen molar-refractivity contribution in [1.82, 2.24) is 0 Å². The molecule has 0 unspecified atom stereocenters. The maximum Gasteiger partial charge on any atom is 1.00 e. The van der Waals surface area contributed by atoms with Gasteiger partial charge in [0, 0.05) is 33.4 Å². The molecule has 14 nitrogen and oxygen atoms in total. The van der Waals surface area contributed by atoms with Crippen LogP contribution in [0.3, 0.4) is 0 Å². The zero-order valence-corrected chi connectivity index (χ0v) is 38.1. The van der Waals surface area contributed by atoms with Crippen molar-refractivity contribution in [3.8, 4) is 11.1 Å². The average Bonchev–Trinajstić information content (AvgIpc) is 3.16. The molecule has 0 spiro atoms. The summed E-state index contributed by atoms with van der Waals surface area (Å²) in [5, 5.41) is 23.5. The van der Waals surface area contributed by atoms with E-state index in [0.717, 1.165) is 23.3 Å². The van der Waals surface area contributed by atoms with E-state index in [-0.39, 0.29) is 104 Å². The molecule has 0 aromatic heterocycles. The Kier molecular flexibility index (Phi) is 15.4. The average molecular weight is 837 g/mol. The van der Waals surface area contributed by atoms with E-state index in [1.54, 1.807) is 113 Å². The normalized spacial score (nSPS) is 11.9. The summed E-state index contributed by atoms with van der Waals surface area (Å²) in [4.78, 5) is 24.4. The molecule has 0 saturated heterocycles. The number of nitrogens with one attached hydrogen (secondary N) is 2. The molecule has 2 amide bonds. The minimum Gasteiger partial charge on any atom is -0.744 e. The smallest absolute Gasteiger partial charge is 0.744 e. The van der Waals surface area contributed by atoms with Crippen molar-refractivity contribution in [2.45, 2.75) is 37.5 Å². The van der Waals surface area contributed by atoms with Crippen molar-refractivity contribution in [3.05, 3.63) is 109 Å². The summed E-state index contributed by atoms with van der Waals surface area (Å²) in [7, 11) is -9.81. The van der Waals surface area contributed by atoms with Gasteiger partial charge in [-0.2, -0.15) is 10.2 Å². The van der Waals surface area contributed by atoms with Gasteiger partial charge in [-0.3, -0.25) is 9.59 Å². The molecular weight excluding hydrogens is 803 g/mol. The Hall–Kier alpha value is -4.20. The molecule has 0 bridgehead atoms. The first-order chi connectivity index (χ1) is 26.5. The van der Waals surface area contributed by atoms with Crippen LogP contribution in [0.25, 0.3) is 32.7 Å². The van der Waals surface area contributed by atoms with E-state index in [1.165, 1.54) is 12.1 Å². The molecule has 0 aliphatic heterocycles. The first kappa shape index (κ1) is 46.5. The molecule has 0 atom stereocenters. The number of nitrogens with zero attached hydrogens (tertiary/aromatic N) is 4. The summed E-state index contributed by atoms with van der Waals surface area (Å²) >= 11 is 0. The monoisotopic (exact) mass is 836 g/mol. The molecule has 18 heteroatoms. The fourth-order valence-electron chi connectivity index (χ4n) is 5.69. The zero-order valence-electron chi connectivity index (χ0n) is 32.4. The molecule has 0 heterocycles. The molecule has 6 aromatic rings. The summed E-state index contributed by atoms with van der Waals surface area (Å²) in [6.07, 6.45) is 0. The van der Waals surface area contributed by atoms with E-state index in [1.807, 2.05) is 0 Å². The molecule has 6 rings (SSSR count). The second-order valence-corrected chi connectivity index (χ2v) is 16.0. The van der Waals surface area contributed by atoms with E-state index in [4.69, 9.17) is 0 Å². The van der Waals surface area contributed by atoms with Crippen LogP contribution in [0.2, 0.25) is 0 Å². The predicted molar refractivity (Wildman–Crippen MR) is 211 cm³/mol. The number of hydrogen-bond donors (Lipinski definition) is 2. The third-order valence-electron chi connectivity index (χ3n) is 8.67. The quantitative estimate of drug-likeness (QED) is 0.111. The van der Waals surface area contributed by atoms with Crippen LogP contribution in [-0.4, -0.2) is 37.8 Å². The van der Waals surface area contributed by atoms with Crippen LogP contribution in [0.4, 0.5) is 34.1 Å². The Morgan fingerprint density at radius 3 is 1.10 bits per heavy atom. The number of benzene rings is 6. The zero-order chi connectivity index (χ0) is 40.4. The van der Waals surface area contributed by atoms with Gasteiger partial charge in [0.05, 0.1) is 32.5 Å². The number of carbonyl (C=O) groups excluding carboxylic acids is 2. The van der Waals surface area contributed by atoms with E-state index in [9.17, 15) is 35.5 Å². The molecule has 0 radical (unpaired) electrons. The summed E-state index contributed by atoms with van der Waals surface area (Å²) in [5.74, 6) is -1.46. The van der Waals surface area contributed by atoms with Gasteiger partial charge in [-0.25, -0.2) is 16.8 Å². The van der Waals surface area contributed by atoms with Crippen LogP contribution in [0, 0.1) is 11.8 Å². The van der Waals surface area contributed by atoms with Crippen molar-refractivity contribution in [2.75, 3.05) is 10.6 Å². The number of fused-ring (bicyclic) bond motifs is 2. The number of amides is 2. The maximum atomic E-state index is 12.7. The Labute approximate surface area is 379 Å². The van der Waals surface area contributed by atoms with Gasteiger partial charge >= 0.3 is 59.1 Å². The Morgan fingerprint density at radius 2 is 0.810 bits per heavy atom. The fourth-order valence-corrected chi connectivity index (χ4v) is 7.10. The molecular formula is C40H34N6Na2O8S2. The molecule has 0 aliphatic rings. The Bertz CT molecular complexity index is 2610. The number of carbonyl (C=O) groups is 2. The number of anilines is 2. The van der Waals surface area contributed by atoms with Crippen LogP contribution >= 0.6 is 0 Å². The molecule has 58 heavy (non-hydrogen) atoms. The van der Waals surface area contributed by atoms with E-state index < -0.39 is 41.9 Å². The van der Waals surface area contributed by atoms with Gasteiger partial charge in [0.15, 0.2) is 0 Å². The Balaban J connectivity index is 0.00000372. The van der Waals surface area contributed by atoms with Crippen molar-refractivity contribution < 1.29 is 94.6 Å². The van der Waals surface area contributed by atoms with Crippen molar-refractivity contribution in [2.24, 2.45) is 32.3 Å². The fraction of sp³-hybridized carbons (Fsp3) is 0.150. The molecule has 0 aliphatic carbocycles. The van der Waals surface area contributed by atoms with Crippen molar-refractivity contribution >= 4 is 87.7 Å². The largest absolute Gasteiger partial charge is 1.00 e. The van der Waals surface area contributed by atoms with Crippen LogP contribution in [0.1, 0.15) is 27.7 Å². The predicted octanol–water partition coefficient (Wildman–Crippen LogP) is 3.50. The molecule has 0 fully saturated rings. The minimum atomic E-state index is -4.90. The summed E-state index contributed by atoms with van der Waals surface area (Å²) < 4.78 is 73.2.